The summed E-state index contributed by atoms with van der Waals surface area (Å²) in [7, 11) is -3.77. The van der Waals surface area contributed by atoms with Crippen LogP contribution < -0.4 is 0 Å². The van der Waals surface area contributed by atoms with Gasteiger partial charge < -0.3 is 0 Å². The molecule has 7 heteroatoms. The van der Waals surface area contributed by atoms with E-state index in [1.807, 2.05) is 0 Å². The monoisotopic (exact) mass is 336 g/mol. The molecule has 0 N–H and O–H groups in total. The van der Waals surface area contributed by atoms with E-state index in [1.54, 1.807) is 19.1 Å². The maximum Gasteiger partial charge on any atom is 0.269 e. The van der Waals surface area contributed by atoms with Gasteiger partial charge in [-0.15, -0.1) is 6.58 Å². The molecule has 0 aromatic heterocycles. The number of nitro groups is 1. The third-order valence-corrected chi connectivity index (χ3v) is 4.76. The molecule has 0 aliphatic heterocycles. The van der Waals surface area contributed by atoms with Crippen molar-refractivity contribution in [3.05, 3.63) is 71.5 Å². The summed E-state index contributed by atoms with van der Waals surface area (Å²) >= 11 is 0. The van der Waals surface area contributed by atoms with Crippen molar-refractivity contribution in [2.75, 3.05) is 6.54 Å². The number of non-ortho nitro benzene ring substituents is 1. The Morgan fingerprint density at radius 2 is 1.96 bits per heavy atom. The molecule has 0 spiro atoms. The highest BCUT2D eigenvalue weighted by molar-refractivity contribution is 7.89. The Morgan fingerprint density at radius 1 is 1.35 bits per heavy atom. The average molecular weight is 336 g/mol. The van der Waals surface area contributed by atoms with E-state index in [9.17, 15) is 18.5 Å². The van der Waals surface area contributed by atoms with Gasteiger partial charge in [0.25, 0.3) is 15.7 Å². The fourth-order valence-corrected chi connectivity index (χ4v) is 3.09. The van der Waals surface area contributed by atoms with Crippen LogP contribution in [0.1, 0.15) is 19.8 Å². The van der Waals surface area contributed by atoms with Gasteiger partial charge in [-0.05, 0) is 38.0 Å². The molecule has 0 amide bonds. The SMILES string of the molecule is C=CCCCN(/C=C/C(=C)C)S(=O)(=O)c1ccc([N+](=O)[O-])cc1. The second-order valence-electron chi connectivity index (χ2n) is 4.96. The van der Waals surface area contributed by atoms with E-state index in [0.717, 1.165) is 5.57 Å². The quantitative estimate of drug-likeness (QED) is 0.227. The van der Waals surface area contributed by atoms with Crippen LogP contribution >= 0.6 is 0 Å². The molecule has 124 valence electrons. The lowest BCUT2D eigenvalue weighted by atomic mass is 10.3. The molecule has 0 aliphatic rings. The molecule has 1 aromatic rings. The Labute approximate surface area is 136 Å². The summed E-state index contributed by atoms with van der Waals surface area (Å²) in [5, 5.41) is 10.7. The molecule has 0 aliphatic carbocycles. The second-order valence-corrected chi connectivity index (χ2v) is 6.85. The van der Waals surface area contributed by atoms with Crippen molar-refractivity contribution in [1.29, 1.82) is 0 Å². The van der Waals surface area contributed by atoms with Crippen LogP contribution in [0.2, 0.25) is 0 Å². The normalized spacial score (nSPS) is 11.3. The maximum atomic E-state index is 12.7. The van der Waals surface area contributed by atoms with Gasteiger partial charge >= 0.3 is 0 Å². The van der Waals surface area contributed by atoms with Gasteiger partial charge in [-0.2, -0.15) is 0 Å². The van der Waals surface area contributed by atoms with Crippen molar-refractivity contribution in [1.82, 2.24) is 4.31 Å². The van der Waals surface area contributed by atoms with Crippen molar-refractivity contribution >= 4 is 15.7 Å². The fraction of sp³-hybridized carbons (Fsp3) is 0.250. The largest absolute Gasteiger partial charge is 0.273 e. The lowest BCUT2D eigenvalue weighted by Gasteiger charge is -2.20. The van der Waals surface area contributed by atoms with Crippen molar-refractivity contribution in [3.63, 3.8) is 0 Å². The van der Waals surface area contributed by atoms with E-state index < -0.39 is 14.9 Å². The van der Waals surface area contributed by atoms with Crippen LogP contribution in [0.5, 0.6) is 0 Å². The van der Waals surface area contributed by atoms with Crippen LogP contribution in [0.3, 0.4) is 0 Å². The minimum atomic E-state index is -3.77. The first-order chi connectivity index (χ1) is 10.8. The first kappa shape index (κ1) is 18.6. The maximum absolute atomic E-state index is 12.7. The third kappa shape index (κ3) is 5.37. The van der Waals surface area contributed by atoms with E-state index in [2.05, 4.69) is 13.2 Å². The summed E-state index contributed by atoms with van der Waals surface area (Å²) in [6.07, 6.45) is 6.10. The minimum Gasteiger partial charge on any atom is -0.273 e. The number of sulfonamides is 1. The molecule has 0 bridgehead atoms. The minimum absolute atomic E-state index is 0.00747. The molecule has 1 rings (SSSR count). The van der Waals surface area contributed by atoms with Crippen LogP contribution in [-0.2, 0) is 10.0 Å². The van der Waals surface area contributed by atoms with Gasteiger partial charge in [0.15, 0.2) is 0 Å². The summed E-state index contributed by atoms with van der Waals surface area (Å²) in [6, 6.07) is 4.83. The van der Waals surface area contributed by atoms with Gasteiger partial charge in [-0.1, -0.05) is 18.2 Å². The Kier molecular flexibility index (Phi) is 6.71. The summed E-state index contributed by atoms with van der Waals surface area (Å²) in [4.78, 5) is 10.1. The fourth-order valence-electron chi connectivity index (χ4n) is 1.75. The third-order valence-electron chi connectivity index (χ3n) is 2.97. The highest BCUT2D eigenvalue weighted by Crippen LogP contribution is 2.20. The predicted octanol–water partition coefficient (Wildman–Crippen LogP) is 3.64. The van der Waals surface area contributed by atoms with Crippen molar-refractivity contribution in [2.24, 2.45) is 0 Å². The number of hydrogen-bond acceptors (Lipinski definition) is 4. The molecule has 0 heterocycles. The zero-order valence-electron chi connectivity index (χ0n) is 13.0. The number of nitro benzene ring substituents is 1. The van der Waals surface area contributed by atoms with Crippen molar-refractivity contribution < 1.29 is 13.3 Å². The smallest absolute Gasteiger partial charge is 0.269 e. The second kappa shape index (κ2) is 8.28. The van der Waals surface area contributed by atoms with Gasteiger partial charge in [0.1, 0.15) is 0 Å². The molecule has 0 saturated heterocycles. The Bertz CT molecular complexity index is 706. The van der Waals surface area contributed by atoms with Gasteiger partial charge in [-0.25, -0.2) is 8.42 Å². The van der Waals surface area contributed by atoms with Gasteiger partial charge in [0, 0.05) is 24.9 Å². The van der Waals surface area contributed by atoms with E-state index in [-0.39, 0.29) is 17.1 Å². The topological polar surface area (TPSA) is 80.5 Å². The van der Waals surface area contributed by atoms with E-state index in [0.29, 0.717) is 12.8 Å². The molecule has 23 heavy (non-hydrogen) atoms. The van der Waals surface area contributed by atoms with Gasteiger partial charge in [0.2, 0.25) is 0 Å². The van der Waals surface area contributed by atoms with E-state index in [1.165, 1.54) is 34.8 Å². The predicted molar refractivity (Wildman–Crippen MR) is 90.4 cm³/mol. The summed E-state index contributed by atoms with van der Waals surface area (Å²) in [5.41, 5.74) is 0.567. The zero-order chi connectivity index (χ0) is 17.5. The summed E-state index contributed by atoms with van der Waals surface area (Å²) in [6.45, 7) is 9.37. The summed E-state index contributed by atoms with van der Waals surface area (Å²) < 4.78 is 26.6. The molecule has 0 atom stereocenters. The van der Waals surface area contributed by atoms with Crippen LogP contribution in [0.15, 0.2) is 66.2 Å². The number of hydrogen-bond donors (Lipinski definition) is 0. The molecule has 1 aromatic carbocycles. The highest BCUT2D eigenvalue weighted by atomic mass is 32.2. The molecule has 0 fully saturated rings. The molecular formula is C16H20N2O4S. The molecule has 6 nitrogen and oxygen atoms in total. The number of rotatable bonds is 9. The van der Waals surface area contributed by atoms with Crippen LogP contribution in [-0.4, -0.2) is 24.2 Å². The number of allylic oxidation sites excluding steroid dienone is 3. The molecular weight excluding hydrogens is 316 g/mol. The number of benzene rings is 1. The lowest BCUT2D eigenvalue weighted by Crippen LogP contribution is -2.27. The van der Waals surface area contributed by atoms with Crippen LogP contribution in [0.4, 0.5) is 5.69 Å². The molecule has 0 saturated carbocycles. The zero-order valence-corrected chi connectivity index (χ0v) is 13.8. The van der Waals surface area contributed by atoms with Gasteiger partial charge in [-0.3, -0.25) is 14.4 Å². The number of nitrogens with zero attached hydrogens (tertiary/aromatic N) is 2. The molecule has 0 radical (unpaired) electrons. The molecule has 0 unspecified atom stereocenters. The van der Waals surface area contributed by atoms with E-state index in [4.69, 9.17) is 0 Å². The van der Waals surface area contributed by atoms with Gasteiger partial charge in [0.05, 0.1) is 9.82 Å². The van der Waals surface area contributed by atoms with Crippen LogP contribution in [0, 0.1) is 10.1 Å². The van der Waals surface area contributed by atoms with E-state index >= 15 is 0 Å². The Balaban J connectivity index is 3.11. The van der Waals surface area contributed by atoms with Crippen LogP contribution in [0.25, 0.3) is 0 Å². The van der Waals surface area contributed by atoms with Crippen molar-refractivity contribution in [2.45, 2.75) is 24.7 Å². The number of unbranched alkanes of at least 4 members (excludes halogenated alkanes) is 1. The highest BCUT2D eigenvalue weighted by Gasteiger charge is 2.22. The first-order valence-corrected chi connectivity index (χ1v) is 8.44. The van der Waals surface area contributed by atoms with Crippen molar-refractivity contribution in [3.8, 4) is 0 Å². The average Bonchev–Trinajstić information content (AvgIpc) is 2.50. The summed E-state index contributed by atoms with van der Waals surface area (Å²) in [5.74, 6) is 0. The standard InChI is InChI=1S/C16H20N2O4S/c1-4-5-6-12-17(13-11-14(2)3)23(21,22)16-9-7-15(8-10-16)18(19)20/h4,7-11,13H,1-2,5-6,12H2,3H3/b13-11+. The Morgan fingerprint density at radius 3 is 2.43 bits per heavy atom. The Hall–Kier alpha value is -2.41. The lowest BCUT2D eigenvalue weighted by molar-refractivity contribution is -0.384. The first-order valence-electron chi connectivity index (χ1n) is 7.00.